The van der Waals surface area contributed by atoms with Gasteiger partial charge in [0, 0.05) is 43.7 Å². The molecule has 2 heterocycles. The van der Waals surface area contributed by atoms with Gasteiger partial charge in [-0.3, -0.25) is 4.90 Å². The quantitative estimate of drug-likeness (QED) is 0.557. The van der Waals surface area contributed by atoms with E-state index in [1.165, 1.54) is 5.56 Å². The highest BCUT2D eigenvalue weighted by atomic mass is 16.3. The number of aromatic nitrogens is 2. The highest BCUT2D eigenvalue weighted by Gasteiger charge is 2.21. The Hall–Kier alpha value is -3.44. The first-order valence-electron chi connectivity index (χ1n) is 10.3. The number of nitrogens with zero attached hydrogens (tertiary/aromatic N) is 4. The monoisotopic (exact) mass is 396 g/mol. The third-order valence-electron chi connectivity index (χ3n) is 5.63. The van der Waals surface area contributed by atoms with Crippen LogP contribution < -0.4 is 4.90 Å². The second-order valence-electron chi connectivity index (χ2n) is 7.68. The van der Waals surface area contributed by atoms with Gasteiger partial charge < -0.3 is 10.0 Å². The average Bonchev–Trinajstić information content (AvgIpc) is 2.81. The van der Waals surface area contributed by atoms with E-state index in [1.54, 1.807) is 12.1 Å². The van der Waals surface area contributed by atoms with Gasteiger partial charge in [0.15, 0.2) is 5.82 Å². The highest BCUT2D eigenvalue weighted by Crippen LogP contribution is 2.28. The van der Waals surface area contributed by atoms with E-state index in [0.717, 1.165) is 60.8 Å². The number of hydrogen-bond donors (Lipinski definition) is 1. The molecule has 0 amide bonds. The summed E-state index contributed by atoms with van der Waals surface area (Å²) in [5, 5.41) is 10.6. The zero-order valence-electron chi connectivity index (χ0n) is 16.8. The number of phenolic OH excluding ortho intramolecular Hbond substituents is 1. The predicted molar refractivity (Wildman–Crippen MR) is 121 cm³/mol. The molecule has 0 aliphatic carbocycles. The van der Waals surface area contributed by atoms with Gasteiger partial charge in [-0.25, -0.2) is 9.97 Å². The minimum atomic E-state index is 0.313. The molecule has 5 rings (SSSR count). The van der Waals surface area contributed by atoms with Gasteiger partial charge in [-0.05, 0) is 29.8 Å². The smallest absolute Gasteiger partial charge is 0.162 e. The fraction of sp³-hybridized carbons (Fsp3) is 0.200. The molecule has 0 atom stereocenters. The van der Waals surface area contributed by atoms with Crippen molar-refractivity contribution in [1.29, 1.82) is 0 Å². The number of para-hydroxylation sites is 1. The van der Waals surface area contributed by atoms with Crippen LogP contribution in [0.5, 0.6) is 5.75 Å². The molecule has 0 saturated carbocycles. The molecular weight excluding hydrogens is 372 g/mol. The second kappa shape index (κ2) is 8.13. The molecule has 1 saturated heterocycles. The van der Waals surface area contributed by atoms with Crippen LogP contribution in [-0.2, 0) is 6.54 Å². The van der Waals surface area contributed by atoms with Crippen molar-refractivity contribution in [2.24, 2.45) is 0 Å². The van der Waals surface area contributed by atoms with Crippen molar-refractivity contribution >= 4 is 16.7 Å². The molecule has 5 nitrogen and oxygen atoms in total. The number of piperazine rings is 1. The van der Waals surface area contributed by atoms with Crippen LogP contribution in [0.4, 0.5) is 5.82 Å². The Morgan fingerprint density at radius 3 is 2.20 bits per heavy atom. The lowest BCUT2D eigenvalue weighted by atomic mass is 10.1. The summed E-state index contributed by atoms with van der Waals surface area (Å²) < 4.78 is 0. The molecule has 1 aromatic heterocycles. The number of anilines is 1. The molecule has 4 aromatic rings. The average molecular weight is 396 g/mol. The van der Waals surface area contributed by atoms with Gasteiger partial charge in [-0.2, -0.15) is 0 Å². The normalized spacial score (nSPS) is 14.9. The molecule has 0 spiro atoms. The predicted octanol–water partition coefficient (Wildman–Crippen LogP) is 4.32. The largest absolute Gasteiger partial charge is 0.508 e. The summed E-state index contributed by atoms with van der Waals surface area (Å²) >= 11 is 0. The Bertz CT molecular complexity index is 1140. The number of benzene rings is 3. The lowest BCUT2D eigenvalue weighted by molar-refractivity contribution is 0.249. The van der Waals surface area contributed by atoms with E-state index >= 15 is 0 Å². The van der Waals surface area contributed by atoms with Crippen molar-refractivity contribution in [2.45, 2.75) is 6.54 Å². The SMILES string of the molecule is Oc1ccc(CN2CCN(c3nc(-c4ccccc4)nc4ccccc34)CC2)cc1. The first-order chi connectivity index (χ1) is 14.8. The molecule has 0 radical (unpaired) electrons. The second-order valence-corrected chi connectivity index (χ2v) is 7.68. The van der Waals surface area contributed by atoms with Gasteiger partial charge in [-0.1, -0.05) is 54.6 Å². The van der Waals surface area contributed by atoms with Crippen LogP contribution in [0.1, 0.15) is 5.56 Å². The van der Waals surface area contributed by atoms with Crippen LogP contribution in [0.3, 0.4) is 0 Å². The van der Waals surface area contributed by atoms with Crippen LogP contribution in [-0.4, -0.2) is 46.2 Å². The van der Waals surface area contributed by atoms with Gasteiger partial charge in [0.05, 0.1) is 5.52 Å². The highest BCUT2D eigenvalue weighted by molar-refractivity contribution is 5.91. The van der Waals surface area contributed by atoms with E-state index in [0.29, 0.717) is 5.75 Å². The maximum atomic E-state index is 9.48. The Morgan fingerprint density at radius 2 is 1.43 bits per heavy atom. The van der Waals surface area contributed by atoms with E-state index in [9.17, 15) is 5.11 Å². The van der Waals surface area contributed by atoms with Crippen molar-refractivity contribution < 1.29 is 5.11 Å². The van der Waals surface area contributed by atoms with Gasteiger partial charge in [0.1, 0.15) is 11.6 Å². The van der Waals surface area contributed by atoms with Gasteiger partial charge in [0.2, 0.25) is 0 Å². The first kappa shape index (κ1) is 18.6. The summed E-state index contributed by atoms with van der Waals surface area (Å²) in [7, 11) is 0. The molecule has 5 heteroatoms. The molecule has 0 bridgehead atoms. The van der Waals surface area contributed by atoms with Crippen molar-refractivity contribution in [3.63, 3.8) is 0 Å². The van der Waals surface area contributed by atoms with Crippen LogP contribution in [0.15, 0.2) is 78.9 Å². The van der Waals surface area contributed by atoms with E-state index in [-0.39, 0.29) is 0 Å². The molecule has 3 aromatic carbocycles. The summed E-state index contributed by atoms with van der Waals surface area (Å²) in [6.45, 7) is 4.69. The third-order valence-corrected chi connectivity index (χ3v) is 5.63. The lowest BCUT2D eigenvalue weighted by Crippen LogP contribution is -2.46. The molecule has 30 heavy (non-hydrogen) atoms. The Kier molecular flexibility index (Phi) is 5.03. The number of aromatic hydroxyl groups is 1. The summed E-state index contributed by atoms with van der Waals surface area (Å²) in [5.41, 5.74) is 3.24. The molecule has 0 unspecified atom stereocenters. The Balaban J connectivity index is 1.39. The molecule has 1 fully saturated rings. The maximum Gasteiger partial charge on any atom is 0.162 e. The summed E-state index contributed by atoms with van der Waals surface area (Å²) in [4.78, 5) is 14.6. The zero-order valence-corrected chi connectivity index (χ0v) is 16.8. The van der Waals surface area contributed by atoms with Crippen LogP contribution >= 0.6 is 0 Å². The minimum Gasteiger partial charge on any atom is -0.508 e. The van der Waals surface area contributed by atoms with Gasteiger partial charge in [0.25, 0.3) is 0 Å². The van der Waals surface area contributed by atoms with E-state index < -0.39 is 0 Å². The molecular formula is C25H24N4O. The lowest BCUT2D eigenvalue weighted by Gasteiger charge is -2.36. The topological polar surface area (TPSA) is 52.5 Å². The summed E-state index contributed by atoms with van der Waals surface area (Å²) in [5.74, 6) is 2.10. The van der Waals surface area contributed by atoms with E-state index in [4.69, 9.17) is 9.97 Å². The molecule has 1 aliphatic rings. The van der Waals surface area contributed by atoms with Crippen LogP contribution in [0, 0.1) is 0 Å². The zero-order chi connectivity index (χ0) is 20.3. The van der Waals surface area contributed by atoms with Crippen molar-refractivity contribution in [3.8, 4) is 17.1 Å². The molecule has 1 N–H and O–H groups in total. The van der Waals surface area contributed by atoms with Crippen molar-refractivity contribution in [3.05, 3.63) is 84.4 Å². The maximum absolute atomic E-state index is 9.48. The standard InChI is InChI=1S/C25H24N4O/c30-21-12-10-19(11-13-21)18-28-14-16-29(17-15-28)25-22-8-4-5-9-23(22)26-24(27-25)20-6-2-1-3-7-20/h1-13,30H,14-18H2. The molecule has 150 valence electrons. The van der Waals surface area contributed by atoms with Crippen LogP contribution in [0.2, 0.25) is 0 Å². The van der Waals surface area contributed by atoms with E-state index in [1.807, 2.05) is 36.4 Å². The fourth-order valence-corrected chi connectivity index (χ4v) is 3.99. The van der Waals surface area contributed by atoms with Crippen LogP contribution in [0.25, 0.3) is 22.3 Å². The molecule has 1 aliphatic heterocycles. The number of phenols is 1. The summed E-state index contributed by atoms with van der Waals surface area (Å²) in [6, 6.07) is 25.9. The number of hydrogen-bond acceptors (Lipinski definition) is 5. The van der Waals surface area contributed by atoms with Gasteiger partial charge >= 0.3 is 0 Å². The number of fused-ring (bicyclic) bond motifs is 1. The van der Waals surface area contributed by atoms with Crippen molar-refractivity contribution in [1.82, 2.24) is 14.9 Å². The number of rotatable bonds is 4. The van der Waals surface area contributed by atoms with Crippen molar-refractivity contribution in [2.75, 3.05) is 31.1 Å². The fourth-order valence-electron chi connectivity index (χ4n) is 3.99. The third kappa shape index (κ3) is 3.84. The summed E-state index contributed by atoms with van der Waals surface area (Å²) in [6.07, 6.45) is 0. The Labute approximate surface area is 176 Å². The Morgan fingerprint density at radius 1 is 0.733 bits per heavy atom. The first-order valence-corrected chi connectivity index (χ1v) is 10.3. The van der Waals surface area contributed by atoms with Gasteiger partial charge in [-0.15, -0.1) is 0 Å². The minimum absolute atomic E-state index is 0.313. The van der Waals surface area contributed by atoms with E-state index in [2.05, 4.69) is 40.1 Å².